The topological polar surface area (TPSA) is 54.9 Å². The quantitative estimate of drug-likeness (QED) is 0.185. The number of thioether (sulfide) groups is 1. The van der Waals surface area contributed by atoms with E-state index in [1.54, 1.807) is 12.1 Å². The maximum Gasteiger partial charge on any atom is 0.418 e. The number of hydrogen-bond acceptors (Lipinski definition) is 5. The van der Waals surface area contributed by atoms with Crippen molar-refractivity contribution in [2.75, 3.05) is 11.1 Å². The van der Waals surface area contributed by atoms with Gasteiger partial charge in [-0.3, -0.25) is 4.79 Å². The number of hydrogen-bond donors (Lipinski definition) is 1. The van der Waals surface area contributed by atoms with Crippen LogP contribution in [0.3, 0.4) is 0 Å². The molecule has 4 rings (SSSR count). The van der Waals surface area contributed by atoms with Crippen LogP contribution in [0.5, 0.6) is 0 Å². The van der Waals surface area contributed by atoms with Crippen molar-refractivity contribution >= 4 is 56.5 Å². The average Bonchev–Trinajstić information content (AvgIpc) is 3.18. The van der Waals surface area contributed by atoms with Crippen LogP contribution in [0, 0.1) is 5.82 Å². The minimum atomic E-state index is -4.66. The molecule has 11 heteroatoms. The highest BCUT2D eigenvalue weighted by molar-refractivity contribution is 8.00. The maximum atomic E-state index is 13.2. The Bertz CT molecular complexity index is 1290. The van der Waals surface area contributed by atoms with Gasteiger partial charge in [0.1, 0.15) is 17.2 Å². The number of thiophene rings is 1. The lowest BCUT2D eigenvalue weighted by Crippen LogP contribution is -2.18. The van der Waals surface area contributed by atoms with Gasteiger partial charge in [0.05, 0.1) is 32.2 Å². The highest BCUT2D eigenvalue weighted by Crippen LogP contribution is 2.39. The fourth-order valence-electron chi connectivity index (χ4n) is 2.89. The number of amides is 1. The molecule has 0 atom stereocenters. The molecule has 0 spiro atoms. The zero-order valence-electron chi connectivity index (χ0n) is 15.9. The van der Waals surface area contributed by atoms with E-state index in [9.17, 15) is 22.4 Å². The van der Waals surface area contributed by atoms with E-state index in [0.29, 0.717) is 10.5 Å². The van der Waals surface area contributed by atoms with Gasteiger partial charge in [-0.05, 0) is 35.9 Å². The summed E-state index contributed by atoms with van der Waals surface area (Å²) in [5, 5.41) is 2.56. The second-order valence-electron chi connectivity index (χ2n) is 6.51. The first-order valence-corrected chi connectivity index (χ1v) is 11.2. The molecule has 0 fully saturated rings. The van der Waals surface area contributed by atoms with Gasteiger partial charge in [0.15, 0.2) is 0 Å². The molecule has 2 aromatic carbocycles. The van der Waals surface area contributed by atoms with Crippen LogP contribution in [0.1, 0.15) is 5.56 Å². The molecule has 0 aliphatic rings. The van der Waals surface area contributed by atoms with Crippen LogP contribution in [-0.4, -0.2) is 21.6 Å². The lowest BCUT2D eigenvalue weighted by molar-refractivity contribution is -0.137. The van der Waals surface area contributed by atoms with E-state index in [4.69, 9.17) is 11.6 Å². The molecule has 1 amide bonds. The van der Waals surface area contributed by atoms with E-state index in [-0.39, 0.29) is 16.6 Å². The van der Waals surface area contributed by atoms with Gasteiger partial charge in [0, 0.05) is 4.88 Å². The summed E-state index contributed by atoms with van der Waals surface area (Å²) in [6.07, 6.45) is -3.31. The summed E-state index contributed by atoms with van der Waals surface area (Å²) in [5.74, 6) is -1.18. The normalized spacial score (nSPS) is 11.7. The van der Waals surface area contributed by atoms with Gasteiger partial charge in [-0.15, -0.1) is 11.3 Å². The second-order valence-corrected chi connectivity index (χ2v) is 8.93. The number of carbonyl (C=O) groups excluding carboxylic acids is 1. The van der Waals surface area contributed by atoms with Crippen LogP contribution >= 0.6 is 34.7 Å². The lowest BCUT2D eigenvalue weighted by Gasteiger charge is -2.15. The van der Waals surface area contributed by atoms with Crippen LogP contribution < -0.4 is 5.32 Å². The van der Waals surface area contributed by atoms with Crippen molar-refractivity contribution in [3.63, 3.8) is 0 Å². The molecule has 2 aromatic heterocycles. The van der Waals surface area contributed by atoms with Gasteiger partial charge >= 0.3 is 6.18 Å². The summed E-state index contributed by atoms with van der Waals surface area (Å²) >= 11 is 8.33. The van der Waals surface area contributed by atoms with Crippen molar-refractivity contribution in [2.24, 2.45) is 0 Å². The molecule has 0 saturated carbocycles. The molecule has 0 bridgehead atoms. The summed E-state index contributed by atoms with van der Waals surface area (Å²) in [5.41, 5.74) is -0.0380. The third-order valence-corrected chi connectivity index (χ3v) is 6.94. The zero-order chi connectivity index (χ0) is 22.9. The fraction of sp³-hybridized carbons (Fsp3) is 0.0952. The first-order valence-electron chi connectivity index (χ1n) is 9.01. The molecule has 0 radical (unpaired) electrons. The molecular weight excluding hydrogens is 486 g/mol. The summed E-state index contributed by atoms with van der Waals surface area (Å²) < 4.78 is 53.6. The first-order chi connectivity index (χ1) is 15.2. The molecule has 4 aromatic rings. The van der Waals surface area contributed by atoms with E-state index in [2.05, 4.69) is 15.3 Å². The van der Waals surface area contributed by atoms with Crippen molar-refractivity contribution in [3.05, 3.63) is 71.3 Å². The molecule has 0 unspecified atom stereocenters. The molecule has 32 heavy (non-hydrogen) atoms. The number of fused-ring (bicyclic) bond motifs is 1. The highest BCUT2D eigenvalue weighted by atomic mass is 35.5. The largest absolute Gasteiger partial charge is 0.418 e. The van der Waals surface area contributed by atoms with Crippen LogP contribution in [0.15, 0.2) is 59.9 Å². The first kappa shape index (κ1) is 22.5. The van der Waals surface area contributed by atoms with Crippen molar-refractivity contribution in [2.45, 2.75) is 11.2 Å². The standard InChI is InChI=1S/C21H12ClF4N3OS2/c22-14-3-1-2-13(21(24,25)26)18(14)29-17(30)9-31-20-19-15(27-10-28-20)8-16(32-19)11-4-6-12(23)7-5-11/h1-8,10H,9H2,(H,29,30). The third-order valence-electron chi connectivity index (χ3n) is 4.33. The fourth-order valence-corrected chi connectivity index (χ4v) is 5.11. The van der Waals surface area contributed by atoms with E-state index >= 15 is 0 Å². The lowest BCUT2D eigenvalue weighted by atomic mass is 10.1. The SMILES string of the molecule is O=C(CSc1ncnc2cc(-c3ccc(F)cc3)sc12)Nc1c(Cl)cccc1C(F)(F)F. The number of para-hydroxylation sites is 1. The minimum Gasteiger partial charge on any atom is -0.324 e. The Morgan fingerprint density at radius 1 is 1.12 bits per heavy atom. The van der Waals surface area contributed by atoms with Crippen molar-refractivity contribution in [1.29, 1.82) is 0 Å². The number of rotatable bonds is 5. The van der Waals surface area contributed by atoms with E-state index in [1.165, 1.54) is 41.9 Å². The van der Waals surface area contributed by atoms with E-state index < -0.39 is 23.3 Å². The molecular formula is C21H12ClF4N3OS2. The summed E-state index contributed by atoms with van der Waals surface area (Å²) in [7, 11) is 0. The van der Waals surface area contributed by atoms with Crippen LogP contribution in [0.25, 0.3) is 20.7 Å². The predicted octanol–water partition coefficient (Wildman–Crippen LogP) is 6.90. The Hall–Kier alpha value is -2.69. The highest BCUT2D eigenvalue weighted by Gasteiger charge is 2.34. The Labute approximate surface area is 192 Å². The third kappa shape index (κ3) is 4.87. The Balaban J connectivity index is 1.53. The van der Waals surface area contributed by atoms with Crippen molar-refractivity contribution in [1.82, 2.24) is 9.97 Å². The molecule has 2 heterocycles. The van der Waals surface area contributed by atoms with Gasteiger partial charge in [-0.1, -0.05) is 41.6 Å². The smallest absolute Gasteiger partial charge is 0.324 e. The number of nitrogens with zero attached hydrogens (tertiary/aromatic N) is 2. The summed E-state index contributed by atoms with van der Waals surface area (Å²) in [6.45, 7) is 0. The number of anilines is 1. The van der Waals surface area contributed by atoms with Gasteiger partial charge in [-0.2, -0.15) is 13.2 Å². The zero-order valence-corrected chi connectivity index (χ0v) is 18.3. The molecule has 0 saturated heterocycles. The van der Waals surface area contributed by atoms with Gasteiger partial charge in [0.2, 0.25) is 5.91 Å². The number of benzene rings is 2. The maximum absolute atomic E-state index is 13.2. The number of halogens is 5. The molecule has 0 aliphatic carbocycles. The summed E-state index contributed by atoms with van der Waals surface area (Å²) in [4.78, 5) is 21.6. The Morgan fingerprint density at radius 3 is 2.59 bits per heavy atom. The van der Waals surface area contributed by atoms with Gasteiger partial charge < -0.3 is 5.32 Å². The number of nitrogens with one attached hydrogen (secondary N) is 1. The average molecular weight is 498 g/mol. The predicted molar refractivity (Wildman–Crippen MR) is 119 cm³/mol. The molecule has 1 N–H and O–H groups in total. The number of alkyl halides is 3. The van der Waals surface area contributed by atoms with Crippen LogP contribution in [0.4, 0.5) is 23.2 Å². The Kier molecular flexibility index (Phi) is 6.36. The molecule has 4 nitrogen and oxygen atoms in total. The van der Waals surface area contributed by atoms with Gasteiger partial charge in [0.25, 0.3) is 0 Å². The Morgan fingerprint density at radius 2 is 1.88 bits per heavy atom. The van der Waals surface area contributed by atoms with Crippen molar-refractivity contribution in [3.8, 4) is 10.4 Å². The van der Waals surface area contributed by atoms with Gasteiger partial charge in [-0.25, -0.2) is 14.4 Å². The monoisotopic (exact) mass is 497 g/mol. The molecule has 0 aliphatic heterocycles. The number of carbonyl (C=O) groups is 1. The summed E-state index contributed by atoms with van der Waals surface area (Å²) in [6, 6.07) is 11.1. The van der Waals surface area contributed by atoms with Crippen LogP contribution in [0.2, 0.25) is 5.02 Å². The number of aromatic nitrogens is 2. The van der Waals surface area contributed by atoms with E-state index in [1.807, 2.05) is 6.07 Å². The van der Waals surface area contributed by atoms with Crippen molar-refractivity contribution < 1.29 is 22.4 Å². The van der Waals surface area contributed by atoms with Crippen LogP contribution in [-0.2, 0) is 11.0 Å². The minimum absolute atomic E-state index is 0.182. The van der Waals surface area contributed by atoms with E-state index in [0.717, 1.165) is 33.0 Å². The second kappa shape index (κ2) is 9.05. The molecule has 164 valence electrons.